The molecule has 3 fully saturated rings. The lowest BCUT2D eigenvalue weighted by Gasteiger charge is -2.30. The van der Waals surface area contributed by atoms with E-state index >= 15 is 0 Å². The number of carbonyl (C=O) groups excluding carboxylic acids is 1. The van der Waals surface area contributed by atoms with Crippen molar-refractivity contribution in [3.8, 4) is 0 Å². The first kappa shape index (κ1) is 12.2. The van der Waals surface area contributed by atoms with Crippen LogP contribution in [0, 0.1) is 17.8 Å². The van der Waals surface area contributed by atoms with Crippen LogP contribution in [0.3, 0.4) is 0 Å². The lowest BCUT2D eigenvalue weighted by molar-refractivity contribution is -0.136. The molecule has 4 heteroatoms. The Balaban J connectivity index is 0.000000963. The summed E-state index contributed by atoms with van der Waals surface area (Å²) in [6.07, 6.45) is 6.08. The Kier molecular flexibility index (Phi) is 3.45. The van der Waals surface area contributed by atoms with Crippen molar-refractivity contribution < 1.29 is 4.79 Å². The predicted octanol–water partition coefficient (Wildman–Crippen LogP) is 1.40. The molecule has 2 bridgehead atoms. The molecule has 0 spiro atoms. The maximum absolute atomic E-state index is 12.3. The van der Waals surface area contributed by atoms with E-state index < -0.39 is 0 Å². The highest BCUT2D eigenvalue weighted by Gasteiger charge is 2.50. The zero-order valence-electron chi connectivity index (χ0n) is 9.60. The summed E-state index contributed by atoms with van der Waals surface area (Å²) in [7, 11) is 0. The zero-order chi connectivity index (χ0) is 10.4. The minimum absolute atomic E-state index is 0. The number of carbonyl (C=O) groups is 1. The van der Waals surface area contributed by atoms with Crippen LogP contribution in [0.4, 0.5) is 0 Å². The van der Waals surface area contributed by atoms with Crippen molar-refractivity contribution in [3.63, 3.8) is 0 Å². The number of hydrogen-bond acceptors (Lipinski definition) is 2. The van der Waals surface area contributed by atoms with Crippen LogP contribution in [0.5, 0.6) is 0 Å². The maximum Gasteiger partial charge on any atom is 0.227 e. The molecule has 0 aromatic heterocycles. The molecule has 3 nitrogen and oxygen atoms in total. The summed E-state index contributed by atoms with van der Waals surface area (Å²) in [4.78, 5) is 14.3. The summed E-state index contributed by atoms with van der Waals surface area (Å²) >= 11 is 0. The fourth-order valence-corrected chi connectivity index (χ4v) is 3.85. The summed E-state index contributed by atoms with van der Waals surface area (Å²) < 4.78 is 0. The Bertz CT molecular complexity index is 276. The maximum atomic E-state index is 12.3. The molecule has 0 radical (unpaired) electrons. The van der Waals surface area contributed by atoms with Gasteiger partial charge in [-0.05, 0) is 43.9 Å². The van der Waals surface area contributed by atoms with Gasteiger partial charge < -0.3 is 10.6 Å². The van der Waals surface area contributed by atoms with Gasteiger partial charge in [-0.1, -0.05) is 0 Å². The Hall–Kier alpha value is -0.280. The van der Waals surface area contributed by atoms with Gasteiger partial charge in [0.25, 0.3) is 0 Å². The van der Waals surface area contributed by atoms with Crippen LogP contribution in [0.2, 0.25) is 0 Å². The molecule has 1 aliphatic heterocycles. The van der Waals surface area contributed by atoms with Crippen molar-refractivity contribution in [1.29, 1.82) is 0 Å². The number of amides is 1. The van der Waals surface area contributed by atoms with Crippen LogP contribution in [-0.2, 0) is 4.79 Å². The molecule has 2 aliphatic carbocycles. The van der Waals surface area contributed by atoms with Crippen LogP contribution in [0.25, 0.3) is 0 Å². The molecule has 3 aliphatic rings. The number of halogens is 1. The third kappa shape index (κ3) is 1.74. The van der Waals surface area contributed by atoms with Gasteiger partial charge >= 0.3 is 0 Å². The van der Waals surface area contributed by atoms with Gasteiger partial charge in [-0.15, -0.1) is 12.4 Å². The third-order valence-corrected chi connectivity index (χ3v) is 4.68. The van der Waals surface area contributed by atoms with Gasteiger partial charge in [-0.3, -0.25) is 4.79 Å². The normalized spacial score (nSPS) is 41.2. The average molecular weight is 245 g/mol. The highest BCUT2D eigenvalue weighted by Crippen LogP contribution is 2.48. The second-order valence-electron chi connectivity index (χ2n) is 5.47. The Morgan fingerprint density at radius 3 is 2.31 bits per heavy atom. The molecule has 2 N–H and O–H groups in total. The molecule has 1 heterocycles. The molecule has 1 amide bonds. The van der Waals surface area contributed by atoms with E-state index in [1.165, 1.54) is 32.1 Å². The molecular weight excluding hydrogens is 224 g/mol. The van der Waals surface area contributed by atoms with E-state index in [1.807, 2.05) is 4.90 Å². The second kappa shape index (κ2) is 4.53. The zero-order valence-corrected chi connectivity index (χ0v) is 10.4. The minimum atomic E-state index is 0. The quantitative estimate of drug-likeness (QED) is 0.758. The summed E-state index contributed by atoms with van der Waals surface area (Å²) in [5.41, 5.74) is 6.19. The van der Waals surface area contributed by atoms with Crippen LogP contribution < -0.4 is 5.73 Å². The highest BCUT2D eigenvalue weighted by atomic mass is 35.5. The van der Waals surface area contributed by atoms with E-state index in [0.717, 1.165) is 13.1 Å². The van der Waals surface area contributed by atoms with Gasteiger partial charge in [0.15, 0.2) is 0 Å². The lowest BCUT2D eigenvalue weighted by Crippen LogP contribution is -2.46. The standard InChI is InChI=1S/C12H20N2O.ClH/c13-11-9-4-3-8(7-9)10(11)12(15)14-5-1-2-6-14;/h8-11H,1-7,13H2;1H. The summed E-state index contributed by atoms with van der Waals surface area (Å²) in [6, 6.07) is 0.164. The molecule has 16 heavy (non-hydrogen) atoms. The molecular formula is C12H21ClN2O. The first-order valence-corrected chi connectivity index (χ1v) is 6.32. The smallest absolute Gasteiger partial charge is 0.227 e. The third-order valence-electron chi connectivity index (χ3n) is 4.68. The Labute approximate surface area is 103 Å². The van der Waals surface area contributed by atoms with E-state index in [2.05, 4.69) is 0 Å². The second-order valence-corrected chi connectivity index (χ2v) is 5.47. The number of likely N-dealkylation sites (tertiary alicyclic amines) is 1. The number of nitrogens with zero attached hydrogens (tertiary/aromatic N) is 1. The van der Waals surface area contributed by atoms with Gasteiger partial charge in [0.2, 0.25) is 5.91 Å². The highest BCUT2D eigenvalue weighted by molar-refractivity contribution is 5.85. The topological polar surface area (TPSA) is 46.3 Å². The number of fused-ring (bicyclic) bond motifs is 2. The van der Waals surface area contributed by atoms with Crippen LogP contribution in [0.1, 0.15) is 32.1 Å². The largest absolute Gasteiger partial charge is 0.342 e. The number of rotatable bonds is 1. The van der Waals surface area contributed by atoms with Gasteiger partial charge in [-0.25, -0.2) is 0 Å². The molecule has 4 unspecified atom stereocenters. The average Bonchev–Trinajstić information content (AvgIpc) is 2.93. The van der Waals surface area contributed by atoms with E-state index in [0.29, 0.717) is 17.7 Å². The van der Waals surface area contributed by atoms with Crippen molar-refractivity contribution in [2.75, 3.05) is 13.1 Å². The minimum Gasteiger partial charge on any atom is -0.342 e. The van der Waals surface area contributed by atoms with Gasteiger partial charge in [-0.2, -0.15) is 0 Å². The fourth-order valence-electron chi connectivity index (χ4n) is 3.85. The molecule has 0 aromatic rings. The van der Waals surface area contributed by atoms with Crippen molar-refractivity contribution in [2.45, 2.75) is 38.1 Å². The van der Waals surface area contributed by atoms with E-state index in [9.17, 15) is 4.79 Å². The van der Waals surface area contributed by atoms with Crippen molar-refractivity contribution in [3.05, 3.63) is 0 Å². The Morgan fingerprint density at radius 1 is 1.12 bits per heavy atom. The SMILES string of the molecule is Cl.NC1C2CCC(C2)C1C(=O)N1CCCC1. The van der Waals surface area contributed by atoms with Crippen molar-refractivity contribution in [2.24, 2.45) is 23.5 Å². The predicted molar refractivity (Wildman–Crippen MR) is 65.4 cm³/mol. The van der Waals surface area contributed by atoms with Crippen LogP contribution >= 0.6 is 12.4 Å². The first-order chi connectivity index (χ1) is 7.27. The first-order valence-electron chi connectivity index (χ1n) is 6.32. The molecule has 4 atom stereocenters. The number of hydrogen-bond donors (Lipinski definition) is 1. The molecule has 1 saturated heterocycles. The van der Waals surface area contributed by atoms with Crippen LogP contribution in [-0.4, -0.2) is 29.9 Å². The fraction of sp³-hybridized carbons (Fsp3) is 0.917. The molecule has 2 saturated carbocycles. The number of nitrogens with two attached hydrogens (primary N) is 1. The van der Waals surface area contributed by atoms with Crippen molar-refractivity contribution in [1.82, 2.24) is 4.90 Å². The van der Waals surface area contributed by atoms with Gasteiger partial charge in [0, 0.05) is 19.1 Å². The monoisotopic (exact) mass is 244 g/mol. The molecule has 3 rings (SSSR count). The van der Waals surface area contributed by atoms with Crippen molar-refractivity contribution >= 4 is 18.3 Å². The van der Waals surface area contributed by atoms with E-state index in [1.54, 1.807) is 0 Å². The Morgan fingerprint density at radius 2 is 1.75 bits per heavy atom. The van der Waals surface area contributed by atoms with E-state index in [4.69, 9.17) is 5.73 Å². The van der Waals surface area contributed by atoms with Gasteiger partial charge in [0.1, 0.15) is 0 Å². The molecule has 92 valence electrons. The summed E-state index contributed by atoms with van der Waals surface area (Å²) in [5.74, 6) is 1.79. The summed E-state index contributed by atoms with van der Waals surface area (Å²) in [6.45, 7) is 1.94. The molecule has 0 aromatic carbocycles. The summed E-state index contributed by atoms with van der Waals surface area (Å²) in [5, 5.41) is 0. The van der Waals surface area contributed by atoms with Crippen LogP contribution in [0.15, 0.2) is 0 Å². The van der Waals surface area contributed by atoms with E-state index in [-0.39, 0.29) is 24.4 Å². The van der Waals surface area contributed by atoms with Gasteiger partial charge in [0.05, 0.1) is 5.92 Å². The lowest BCUT2D eigenvalue weighted by atomic mass is 9.84.